The molecule has 0 radical (unpaired) electrons. The van der Waals surface area contributed by atoms with Crippen LogP contribution in [0.5, 0.6) is 0 Å². The lowest BCUT2D eigenvalue weighted by Gasteiger charge is -2.13. The molecule has 1 aliphatic rings. The van der Waals surface area contributed by atoms with Crippen molar-refractivity contribution in [3.05, 3.63) is 123 Å². The number of anilines is 2. The molecule has 0 saturated carbocycles. The number of fused-ring (bicyclic) bond motifs is 1. The van der Waals surface area contributed by atoms with Crippen molar-refractivity contribution < 1.29 is 9.59 Å². The van der Waals surface area contributed by atoms with Gasteiger partial charge in [-0.15, -0.1) is 0 Å². The van der Waals surface area contributed by atoms with Crippen LogP contribution in [0.3, 0.4) is 0 Å². The van der Waals surface area contributed by atoms with E-state index in [9.17, 15) is 9.59 Å². The summed E-state index contributed by atoms with van der Waals surface area (Å²) in [5.74, 6) is -0.316. The summed E-state index contributed by atoms with van der Waals surface area (Å²) in [6.45, 7) is 0. The van der Waals surface area contributed by atoms with Gasteiger partial charge in [-0.1, -0.05) is 57.9 Å². The summed E-state index contributed by atoms with van der Waals surface area (Å²) in [5.41, 5.74) is 5.44. The molecule has 6 nitrogen and oxygen atoms in total. The SMILES string of the molecule is O=C(Cc1ccncc1)Nc1ccc(C2=NC(Cc3ccccc3Br)C(=O)Nc3cc(Cl)ccc32)cc1. The van der Waals surface area contributed by atoms with Crippen molar-refractivity contribution in [3.63, 3.8) is 0 Å². The number of benzodiazepines with no additional fused rings is 1. The number of carbonyl (C=O) groups excluding carboxylic acids is 2. The number of nitrogens with one attached hydrogen (secondary N) is 2. The fraction of sp³-hybridized carbons (Fsp3) is 0.103. The van der Waals surface area contributed by atoms with Gasteiger partial charge in [0, 0.05) is 45.1 Å². The molecule has 2 heterocycles. The van der Waals surface area contributed by atoms with Crippen LogP contribution in [0, 0.1) is 0 Å². The lowest BCUT2D eigenvalue weighted by Crippen LogP contribution is -2.27. The van der Waals surface area contributed by atoms with Gasteiger partial charge in [0.25, 0.3) is 0 Å². The predicted octanol–water partition coefficient (Wildman–Crippen LogP) is 6.08. The first kappa shape index (κ1) is 24.9. The number of aromatic nitrogens is 1. The third-order valence-corrected chi connectivity index (χ3v) is 7.02. The number of benzene rings is 3. The summed E-state index contributed by atoms with van der Waals surface area (Å²) in [6, 6.07) is 23.6. The fourth-order valence-corrected chi connectivity index (χ4v) is 4.79. The second-order valence-electron chi connectivity index (χ2n) is 8.63. The maximum absolute atomic E-state index is 13.2. The fourth-order valence-electron chi connectivity index (χ4n) is 4.17. The largest absolute Gasteiger partial charge is 0.326 e. The minimum atomic E-state index is -0.639. The van der Waals surface area contributed by atoms with E-state index in [1.165, 1.54) is 0 Å². The number of amides is 2. The molecule has 0 saturated heterocycles. The Hall–Kier alpha value is -3.81. The smallest absolute Gasteiger partial charge is 0.249 e. The molecule has 4 aromatic rings. The highest BCUT2D eigenvalue weighted by molar-refractivity contribution is 9.10. The van der Waals surface area contributed by atoms with Gasteiger partial charge in [-0.05, 0) is 59.7 Å². The van der Waals surface area contributed by atoms with E-state index in [0.717, 1.165) is 26.7 Å². The molecule has 3 aromatic carbocycles. The van der Waals surface area contributed by atoms with Crippen molar-refractivity contribution >= 4 is 56.4 Å². The minimum absolute atomic E-state index is 0.117. The molecule has 0 spiro atoms. The van der Waals surface area contributed by atoms with Gasteiger partial charge in [-0.25, -0.2) is 0 Å². The Balaban J connectivity index is 1.44. The molecule has 0 aliphatic carbocycles. The first-order valence-corrected chi connectivity index (χ1v) is 12.8. The van der Waals surface area contributed by atoms with Crippen LogP contribution in [0.25, 0.3) is 0 Å². The van der Waals surface area contributed by atoms with Gasteiger partial charge in [-0.2, -0.15) is 0 Å². The van der Waals surface area contributed by atoms with Crippen LogP contribution in [-0.2, 0) is 22.4 Å². The van der Waals surface area contributed by atoms with Crippen molar-refractivity contribution in [1.29, 1.82) is 0 Å². The lowest BCUT2D eigenvalue weighted by atomic mass is 10.00. The van der Waals surface area contributed by atoms with E-state index in [2.05, 4.69) is 31.5 Å². The highest BCUT2D eigenvalue weighted by Crippen LogP contribution is 2.29. The van der Waals surface area contributed by atoms with E-state index < -0.39 is 6.04 Å². The number of hydrogen-bond acceptors (Lipinski definition) is 4. The first-order valence-electron chi connectivity index (χ1n) is 11.7. The zero-order chi connectivity index (χ0) is 25.8. The Kier molecular flexibility index (Phi) is 7.44. The zero-order valence-corrected chi connectivity index (χ0v) is 22.0. The molecule has 1 atom stereocenters. The average molecular weight is 574 g/mol. The van der Waals surface area contributed by atoms with Crippen LogP contribution in [0.1, 0.15) is 22.3 Å². The Labute approximate surface area is 227 Å². The third-order valence-electron chi connectivity index (χ3n) is 6.01. The topological polar surface area (TPSA) is 83.5 Å². The summed E-state index contributed by atoms with van der Waals surface area (Å²) in [5, 5.41) is 6.45. The van der Waals surface area contributed by atoms with Crippen molar-refractivity contribution in [2.45, 2.75) is 18.9 Å². The summed E-state index contributed by atoms with van der Waals surface area (Å²) < 4.78 is 0.927. The monoisotopic (exact) mass is 572 g/mol. The van der Waals surface area contributed by atoms with E-state index in [0.29, 0.717) is 28.5 Å². The van der Waals surface area contributed by atoms with E-state index >= 15 is 0 Å². The molecule has 2 N–H and O–H groups in total. The summed E-state index contributed by atoms with van der Waals surface area (Å²) in [4.78, 5) is 34.6. The number of pyridine rings is 1. The summed E-state index contributed by atoms with van der Waals surface area (Å²) in [7, 11) is 0. The molecule has 5 rings (SSSR count). The van der Waals surface area contributed by atoms with E-state index in [1.54, 1.807) is 24.5 Å². The lowest BCUT2D eigenvalue weighted by molar-refractivity contribution is -0.117. The van der Waals surface area contributed by atoms with Crippen molar-refractivity contribution in [3.8, 4) is 0 Å². The van der Waals surface area contributed by atoms with Gasteiger partial charge in [0.05, 0.1) is 17.8 Å². The van der Waals surface area contributed by atoms with Crippen LogP contribution in [0.2, 0.25) is 5.02 Å². The number of hydrogen-bond donors (Lipinski definition) is 2. The number of rotatable bonds is 6. The van der Waals surface area contributed by atoms with Crippen LogP contribution in [0.4, 0.5) is 11.4 Å². The maximum atomic E-state index is 13.2. The van der Waals surface area contributed by atoms with Crippen LogP contribution >= 0.6 is 27.5 Å². The van der Waals surface area contributed by atoms with Crippen LogP contribution < -0.4 is 10.6 Å². The van der Waals surface area contributed by atoms with Crippen molar-refractivity contribution in [1.82, 2.24) is 4.98 Å². The highest BCUT2D eigenvalue weighted by atomic mass is 79.9. The predicted molar refractivity (Wildman–Crippen MR) is 150 cm³/mol. The second-order valence-corrected chi connectivity index (χ2v) is 9.92. The van der Waals surface area contributed by atoms with E-state index in [-0.39, 0.29) is 18.2 Å². The van der Waals surface area contributed by atoms with Gasteiger partial charge in [0.15, 0.2) is 0 Å². The molecular weight excluding hydrogens is 552 g/mol. The molecule has 2 amide bonds. The maximum Gasteiger partial charge on any atom is 0.249 e. The minimum Gasteiger partial charge on any atom is -0.326 e. The molecule has 184 valence electrons. The quantitative estimate of drug-likeness (QED) is 0.293. The standard InChI is InChI=1S/C29H22BrClN4O2/c30-24-4-2-1-3-20(24)16-26-29(37)35-25-17-21(31)7-10-23(25)28(34-26)19-5-8-22(9-6-19)33-27(36)15-18-11-13-32-14-12-18/h1-14,17,26H,15-16H2,(H,33,36)(H,35,37). The number of aliphatic imine (C=N–C) groups is 1. The van der Waals surface area contributed by atoms with Gasteiger partial charge in [0.1, 0.15) is 6.04 Å². The van der Waals surface area contributed by atoms with E-state index in [4.69, 9.17) is 16.6 Å². The molecule has 1 aromatic heterocycles. The van der Waals surface area contributed by atoms with Gasteiger partial charge >= 0.3 is 0 Å². The number of carbonyl (C=O) groups is 2. The summed E-state index contributed by atoms with van der Waals surface area (Å²) >= 11 is 9.82. The molecular formula is C29H22BrClN4O2. The zero-order valence-electron chi connectivity index (χ0n) is 19.6. The van der Waals surface area contributed by atoms with Crippen LogP contribution in [-0.4, -0.2) is 28.6 Å². The highest BCUT2D eigenvalue weighted by Gasteiger charge is 2.27. The summed E-state index contributed by atoms with van der Waals surface area (Å²) in [6.07, 6.45) is 4.02. The molecule has 1 unspecified atom stereocenters. The average Bonchev–Trinajstić information content (AvgIpc) is 3.02. The third kappa shape index (κ3) is 5.96. The molecule has 8 heteroatoms. The first-order chi connectivity index (χ1) is 18.0. The van der Waals surface area contributed by atoms with Crippen LogP contribution in [0.15, 0.2) is 101 Å². The Morgan fingerprint density at radius 3 is 2.51 bits per heavy atom. The molecule has 0 bridgehead atoms. The number of nitrogens with zero attached hydrogens (tertiary/aromatic N) is 2. The van der Waals surface area contributed by atoms with Crippen molar-refractivity contribution in [2.75, 3.05) is 10.6 Å². The van der Waals surface area contributed by atoms with Gasteiger partial charge < -0.3 is 10.6 Å². The second kappa shape index (κ2) is 11.1. The van der Waals surface area contributed by atoms with Gasteiger partial charge in [0.2, 0.25) is 11.8 Å². The number of halogens is 2. The molecule has 0 fully saturated rings. The van der Waals surface area contributed by atoms with Crippen molar-refractivity contribution in [2.24, 2.45) is 4.99 Å². The Morgan fingerprint density at radius 2 is 1.76 bits per heavy atom. The van der Waals surface area contributed by atoms with Gasteiger partial charge in [-0.3, -0.25) is 19.6 Å². The Morgan fingerprint density at radius 1 is 1.00 bits per heavy atom. The normalized spacial score (nSPS) is 14.7. The Bertz CT molecular complexity index is 1490. The van der Waals surface area contributed by atoms with E-state index in [1.807, 2.05) is 66.7 Å². The molecule has 1 aliphatic heterocycles. The molecule has 37 heavy (non-hydrogen) atoms.